The van der Waals surface area contributed by atoms with Crippen molar-refractivity contribution in [3.63, 3.8) is 0 Å². The van der Waals surface area contributed by atoms with Crippen LogP contribution in [-0.2, 0) is 0 Å². The summed E-state index contributed by atoms with van der Waals surface area (Å²) in [7, 11) is 0. The molecule has 2 saturated carbocycles. The van der Waals surface area contributed by atoms with Gasteiger partial charge >= 0.3 is 5.82 Å². The Labute approximate surface area is 130 Å². The number of hydrogen-bond acceptors (Lipinski definition) is 4. The minimum absolute atomic E-state index is 0.0386. The molecule has 2 aliphatic rings. The molecule has 0 aromatic carbocycles. The van der Waals surface area contributed by atoms with Gasteiger partial charge in [0.25, 0.3) is 5.91 Å². The number of amides is 1. The highest BCUT2D eigenvalue weighted by molar-refractivity contribution is 9.10. The van der Waals surface area contributed by atoms with E-state index in [1.54, 1.807) is 0 Å². The zero-order valence-corrected chi connectivity index (χ0v) is 13.2. The van der Waals surface area contributed by atoms with Crippen molar-refractivity contribution < 1.29 is 9.72 Å². The fourth-order valence-electron chi connectivity index (χ4n) is 3.88. The number of carbonyl (C=O) groups excluding carboxylic acids is 1. The van der Waals surface area contributed by atoms with Crippen LogP contribution in [0.3, 0.4) is 0 Å². The lowest BCUT2D eigenvalue weighted by atomic mass is 9.84. The molecule has 2 aliphatic carbocycles. The Hall–Kier alpha value is -1.44. The van der Waals surface area contributed by atoms with Gasteiger partial charge in [0, 0.05) is 6.04 Å². The van der Waals surface area contributed by atoms with Gasteiger partial charge in [0.1, 0.15) is 4.47 Å². The second-order valence-corrected chi connectivity index (χ2v) is 6.89. The summed E-state index contributed by atoms with van der Waals surface area (Å²) < 4.78 is 0.102. The SMILES string of the molecule is C[C@@H](NC(=O)c1n[nH]c([N+](=O)[O-])c1Br)[C@H]1C[C@@H]2CC[C@@H]1C2. The number of nitrogens with one attached hydrogen (secondary N) is 2. The predicted molar refractivity (Wildman–Crippen MR) is 78.8 cm³/mol. The van der Waals surface area contributed by atoms with Gasteiger partial charge in [-0.25, -0.2) is 0 Å². The first-order chi connectivity index (χ1) is 9.97. The summed E-state index contributed by atoms with van der Waals surface area (Å²) in [5.41, 5.74) is 0.0386. The summed E-state index contributed by atoms with van der Waals surface area (Å²) in [6.07, 6.45) is 5.03. The molecule has 0 unspecified atom stereocenters. The summed E-state index contributed by atoms with van der Waals surface area (Å²) in [5.74, 6) is 1.37. The van der Waals surface area contributed by atoms with Gasteiger partial charge in [-0.1, -0.05) is 11.5 Å². The number of aromatic nitrogens is 2. The summed E-state index contributed by atoms with van der Waals surface area (Å²) in [5, 5.41) is 19.7. The van der Waals surface area contributed by atoms with E-state index in [9.17, 15) is 14.9 Å². The molecule has 1 aromatic rings. The van der Waals surface area contributed by atoms with Gasteiger partial charge < -0.3 is 15.4 Å². The van der Waals surface area contributed by atoms with Crippen molar-refractivity contribution in [1.29, 1.82) is 0 Å². The smallest absolute Gasteiger partial charge is 0.357 e. The van der Waals surface area contributed by atoms with Gasteiger partial charge in [0.05, 0.1) is 0 Å². The Kier molecular flexibility index (Phi) is 3.73. The first-order valence-electron chi connectivity index (χ1n) is 7.16. The summed E-state index contributed by atoms with van der Waals surface area (Å²) >= 11 is 3.06. The molecule has 3 rings (SSSR count). The predicted octanol–water partition coefficient (Wildman–Crippen LogP) is 2.63. The van der Waals surface area contributed by atoms with Crippen molar-refractivity contribution in [3.05, 3.63) is 20.3 Å². The highest BCUT2D eigenvalue weighted by Gasteiger charge is 2.42. The van der Waals surface area contributed by atoms with Crippen molar-refractivity contribution in [2.24, 2.45) is 17.8 Å². The second-order valence-electron chi connectivity index (χ2n) is 6.09. The van der Waals surface area contributed by atoms with E-state index in [4.69, 9.17) is 0 Å². The van der Waals surface area contributed by atoms with Crippen molar-refractivity contribution in [2.45, 2.75) is 38.6 Å². The largest absolute Gasteiger partial charge is 0.358 e. The van der Waals surface area contributed by atoms with Crippen LogP contribution in [0, 0.1) is 27.9 Å². The molecule has 0 radical (unpaired) electrons. The number of nitro groups is 1. The lowest BCUT2D eigenvalue weighted by Gasteiger charge is -2.28. The van der Waals surface area contributed by atoms with Crippen LogP contribution < -0.4 is 5.32 Å². The number of carbonyl (C=O) groups is 1. The highest BCUT2D eigenvalue weighted by Crippen LogP contribution is 2.49. The van der Waals surface area contributed by atoms with E-state index in [1.807, 2.05) is 6.92 Å². The Balaban J connectivity index is 1.67. The summed E-state index contributed by atoms with van der Waals surface area (Å²) in [4.78, 5) is 22.4. The van der Waals surface area contributed by atoms with Crippen molar-refractivity contribution in [3.8, 4) is 0 Å². The maximum Gasteiger partial charge on any atom is 0.357 e. The number of hydrogen-bond donors (Lipinski definition) is 2. The van der Waals surface area contributed by atoms with Gasteiger partial charge in [-0.3, -0.25) is 4.79 Å². The van der Waals surface area contributed by atoms with E-state index < -0.39 is 4.92 Å². The average molecular weight is 357 g/mol. The number of rotatable bonds is 4. The lowest BCUT2D eigenvalue weighted by molar-refractivity contribution is -0.390. The fraction of sp³-hybridized carbons (Fsp3) is 0.692. The third-order valence-electron chi connectivity index (χ3n) is 4.88. The van der Waals surface area contributed by atoms with E-state index in [0.717, 1.165) is 5.92 Å². The fourth-order valence-corrected chi connectivity index (χ4v) is 4.38. The van der Waals surface area contributed by atoms with Gasteiger partial charge in [0.2, 0.25) is 0 Å². The standard InChI is InChI=1S/C13H17BrN4O3/c1-6(9-5-7-2-3-8(9)4-7)15-13(19)11-10(14)12(17-16-11)18(20)21/h6-9H,2-5H2,1H3,(H,15,19)(H,16,17)/t6-,7-,8-,9-/m1/s1. The van der Waals surface area contributed by atoms with Crippen LogP contribution >= 0.6 is 15.9 Å². The topological polar surface area (TPSA) is 101 Å². The third kappa shape index (κ3) is 2.56. The van der Waals surface area contributed by atoms with E-state index in [0.29, 0.717) is 11.8 Å². The molecule has 8 heteroatoms. The minimum atomic E-state index is -0.604. The molecule has 0 spiro atoms. The maximum atomic E-state index is 12.2. The van der Waals surface area contributed by atoms with Crippen molar-refractivity contribution in [1.82, 2.24) is 15.5 Å². The molecule has 114 valence electrons. The monoisotopic (exact) mass is 356 g/mol. The molecular weight excluding hydrogens is 340 g/mol. The van der Waals surface area contributed by atoms with E-state index in [1.165, 1.54) is 25.7 Å². The third-order valence-corrected chi connectivity index (χ3v) is 5.63. The Morgan fingerprint density at radius 2 is 2.29 bits per heavy atom. The van der Waals surface area contributed by atoms with Crippen LogP contribution in [0.15, 0.2) is 4.47 Å². The molecular formula is C13H17BrN4O3. The van der Waals surface area contributed by atoms with Crippen LogP contribution in [0.2, 0.25) is 0 Å². The summed E-state index contributed by atoms with van der Waals surface area (Å²) in [6.45, 7) is 2.01. The van der Waals surface area contributed by atoms with E-state index in [2.05, 4.69) is 31.4 Å². The van der Waals surface area contributed by atoms with Gasteiger partial charge in [-0.05, 0) is 64.8 Å². The van der Waals surface area contributed by atoms with E-state index in [-0.39, 0.29) is 27.9 Å². The molecule has 1 amide bonds. The van der Waals surface area contributed by atoms with Crippen LogP contribution in [0.5, 0.6) is 0 Å². The van der Waals surface area contributed by atoms with Crippen molar-refractivity contribution >= 4 is 27.7 Å². The highest BCUT2D eigenvalue weighted by atomic mass is 79.9. The van der Waals surface area contributed by atoms with Crippen LogP contribution in [-0.4, -0.2) is 27.1 Å². The minimum Gasteiger partial charge on any atom is -0.358 e. The molecule has 21 heavy (non-hydrogen) atoms. The van der Waals surface area contributed by atoms with Gasteiger partial charge in [-0.2, -0.15) is 0 Å². The number of fused-ring (bicyclic) bond motifs is 2. The molecule has 2 N–H and O–H groups in total. The molecule has 2 bridgehead atoms. The number of nitrogens with zero attached hydrogens (tertiary/aromatic N) is 2. The molecule has 0 saturated heterocycles. The quantitative estimate of drug-likeness (QED) is 0.639. The lowest BCUT2D eigenvalue weighted by Crippen LogP contribution is -2.40. The first-order valence-corrected chi connectivity index (χ1v) is 7.95. The maximum absolute atomic E-state index is 12.2. The second kappa shape index (κ2) is 5.40. The average Bonchev–Trinajstić information content (AvgIpc) is 3.12. The normalized spacial score (nSPS) is 28.6. The van der Waals surface area contributed by atoms with Crippen LogP contribution in [0.1, 0.15) is 43.1 Å². The zero-order valence-electron chi connectivity index (χ0n) is 11.6. The Bertz CT molecular complexity index is 588. The molecule has 2 fully saturated rings. The van der Waals surface area contributed by atoms with Crippen LogP contribution in [0.4, 0.5) is 5.82 Å². The molecule has 0 aliphatic heterocycles. The zero-order chi connectivity index (χ0) is 15.1. The van der Waals surface area contributed by atoms with E-state index >= 15 is 0 Å². The molecule has 7 nitrogen and oxygen atoms in total. The van der Waals surface area contributed by atoms with Crippen LogP contribution in [0.25, 0.3) is 0 Å². The summed E-state index contributed by atoms with van der Waals surface area (Å²) in [6, 6.07) is 0.0652. The molecule has 1 heterocycles. The molecule has 4 atom stereocenters. The van der Waals surface area contributed by atoms with Gasteiger partial charge in [0.15, 0.2) is 5.69 Å². The van der Waals surface area contributed by atoms with Gasteiger partial charge in [-0.15, -0.1) is 5.10 Å². The molecule has 1 aromatic heterocycles. The Morgan fingerprint density at radius 1 is 1.52 bits per heavy atom. The van der Waals surface area contributed by atoms with Crippen molar-refractivity contribution in [2.75, 3.05) is 0 Å². The number of halogens is 1. The first kappa shape index (κ1) is 14.5. The Morgan fingerprint density at radius 3 is 2.81 bits per heavy atom. The number of aromatic amines is 1. The number of H-pyrrole nitrogens is 1.